The monoisotopic (exact) mass is 464 g/mol. The molecule has 4 rings (SSSR count). The normalized spacial score (nSPS) is 12.3. The Hall–Kier alpha value is -3.91. The van der Waals surface area contributed by atoms with Gasteiger partial charge in [-0.3, -0.25) is 14.8 Å². The third-order valence-corrected chi connectivity index (χ3v) is 5.36. The van der Waals surface area contributed by atoms with Crippen molar-refractivity contribution in [1.29, 1.82) is 0 Å². The fourth-order valence-corrected chi connectivity index (χ4v) is 3.66. The second kappa shape index (κ2) is 10.4. The second-order valence-corrected chi connectivity index (χ2v) is 7.76. The molecule has 0 aliphatic heterocycles. The first-order valence-electron chi connectivity index (χ1n) is 10.7. The molecule has 0 fully saturated rings. The van der Waals surface area contributed by atoms with Crippen LogP contribution in [0.25, 0.3) is 0 Å². The summed E-state index contributed by atoms with van der Waals surface area (Å²) in [6.07, 6.45) is -0.903. The SMILES string of the molecule is O=C(Nc1cccc(C(F)(F)F)c1)C(NCc1ccccc1Cn1cccn1)c1ccccc1. The average molecular weight is 464 g/mol. The van der Waals surface area contributed by atoms with Gasteiger partial charge in [0.25, 0.3) is 0 Å². The number of alkyl halides is 3. The number of rotatable bonds is 8. The van der Waals surface area contributed by atoms with Crippen LogP contribution in [0.4, 0.5) is 18.9 Å². The highest BCUT2D eigenvalue weighted by Gasteiger charge is 2.30. The lowest BCUT2D eigenvalue weighted by Gasteiger charge is -2.20. The number of carbonyl (C=O) groups excluding carboxylic acids is 1. The average Bonchev–Trinajstić information content (AvgIpc) is 3.34. The van der Waals surface area contributed by atoms with E-state index in [1.165, 1.54) is 12.1 Å². The van der Waals surface area contributed by atoms with E-state index >= 15 is 0 Å². The summed E-state index contributed by atoms with van der Waals surface area (Å²) < 4.78 is 41.1. The van der Waals surface area contributed by atoms with E-state index in [0.29, 0.717) is 18.7 Å². The summed E-state index contributed by atoms with van der Waals surface area (Å²) >= 11 is 0. The predicted octanol–water partition coefficient (Wildman–Crippen LogP) is 5.42. The molecule has 0 bridgehead atoms. The van der Waals surface area contributed by atoms with Gasteiger partial charge in [0.05, 0.1) is 12.1 Å². The highest BCUT2D eigenvalue weighted by molar-refractivity contribution is 5.95. The van der Waals surface area contributed by atoms with Crippen molar-refractivity contribution in [2.75, 3.05) is 5.32 Å². The molecule has 1 atom stereocenters. The van der Waals surface area contributed by atoms with Crippen molar-refractivity contribution in [2.24, 2.45) is 0 Å². The highest BCUT2D eigenvalue weighted by Crippen LogP contribution is 2.31. The van der Waals surface area contributed by atoms with Gasteiger partial charge in [0, 0.05) is 24.6 Å². The van der Waals surface area contributed by atoms with E-state index in [9.17, 15) is 18.0 Å². The lowest BCUT2D eigenvalue weighted by molar-refractivity contribution is -0.137. The maximum Gasteiger partial charge on any atom is 0.416 e. The van der Waals surface area contributed by atoms with E-state index in [0.717, 1.165) is 23.3 Å². The number of anilines is 1. The van der Waals surface area contributed by atoms with E-state index in [1.807, 2.05) is 59.4 Å². The van der Waals surface area contributed by atoms with E-state index in [4.69, 9.17) is 0 Å². The van der Waals surface area contributed by atoms with Crippen molar-refractivity contribution in [3.8, 4) is 0 Å². The van der Waals surface area contributed by atoms with Crippen LogP contribution < -0.4 is 10.6 Å². The molecule has 0 saturated carbocycles. The summed E-state index contributed by atoms with van der Waals surface area (Å²) in [5.41, 5.74) is 2.01. The van der Waals surface area contributed by atoms with Crippen molar-refractivity contribution in [3.05, 3.63) is 120 Å². The molecule has 5 nitrogen and oxygen atoms in total. The summed E-state index contributed by atoms with van der Waals surface area (Å²) in [4.78, 5) is 13.2. The van der Waals surface area contributed by atoms with E-state index in [2.05, 4.69) is 15.7 Å². The van der Waals surface area contributed by atoms with Crippen molar-refractivity contribution in [1.82, 2.24) is 15.1 Å². The molecule has 0 saturated heterocycles. The quantitative estimate of drug-likeness (QED) is 0.366. The first-order valence-corrected chi connectivity index (χ1v) is 10.7. The van der Waals surface area contributed by atoms with E-state index in [1.54, 1.807) is 18.3 Å². The van der Waals surface area contributed by atoms with Gasteiger partial charge < -0.3 is 5.32 Å². The van der Waals surface area contributed by atoms with E-state index in [-0.39, 0.29) is 5.69 Å². The molecule has 1 aromatic heterocycles. The zero-order chi connectivity index (χ0) is 24.0. The Bertz CT molecular complexity index is 1220. The minimum absolute atomic E-state index is 0.0849. The van der Waals surface area contributed by atoms with Crippen LogP contribution in [-0.2, 0) is 24.1 Å². The number of nitrogens with one attached hydrogen (secondary N) is 2. The molecule has 174 valence electrons. The van der Waals surface area contributed by atoms with Crippen molar-refractivity contribution >= 4 is 11.6 Å². The maximum absolute atomic E-state index is 13.2. The molecule has 4 aromatic rings. The van der Waals surface area contributed by atoms with Crippen LogP contribution >= 0.6 is 0 Å². The minimum atomic E-state index is -4.49. The Morgan fingerprint density at radius 2 is 1.65 bits per heavy atom. The molecule has 8 heteroatoms. The smallest absolute Gasteiger partial charge is 0.324 e. The largest absolute Gasteiger partial charge is 0.416 e. The molecular weight excluding hydrogens is 441 g/mol. The van der Waals surface area contributed by atoms with Crippen LogP contribution in [-0.4, -0.2) is 15.7 Å². The molecule has 34 heavy (non-hydrogen) atoms. The van der Waals surface area contributed by atoms with Gasteiger partial charge >= 0.3 is 6.18 Å². The summed E-state index contributed by atoms with van der Waals surface area (Å²) in [5.74, 6) is -0.449. The summed E-state index contributed by atoms with van der Waals surface area (Å²) in [6, 6.07) is 22.6. The molecule has 0 radical (unpaired) electrons. The number of hydrogen-bond acceptors (Lipinski definition) is 3. The fraction of sp³-hybridized carbons (Fsp3) is 0.154. The number of aromatic nitrogens is 2. The lowest BCUT2D eigenvalue weighted by atomic mass is 10.0. The molecule has 0 aliphatic carbocycles. The lowest BCUT2D eigenvalue weighted by Crippen LogP contribution is -2.33. The Kier molecular flexibility index (Phi) is 7.08. The number of benzene rings is 3. The summed E-state index contributed by atoms with van der Waals surface area (Å²) in [7, 11) is 0. The Labute approximate surface area is 195 Å². The van der Waals surface area contributed by atoms with Crippen molar-refractivity contribution in [2.45, 2.75) is 25.3 Å². The third kappa shape index (κ3) is 5.90. The number of carbonyl (C=O) groups is 1. The molecule has 3 aromatic carbocycles. The molecule has 2 N–H and O–H groups in total. The summed E-state index contributed by atoms with van der Waals surface area (Å²) in [5, 5.41) is 10.1. The van der Waals surface area contributed by atoms with Gasteiger partial charge in [-0.05, 0) is 41.0 Å². The van der Waals surface area contributed by atoms with Crippen molar-refractivity contribution in [3.63, 3.8) is 0 Å². The highest BCUT2D eigenvalue weighted by atomic mass is 19.4. The van der Waals surface area contributed by atoms with Crippen LogP contribution in [0.2, 0.25) is 0 Å². The second-order valence-electron chi connectivity index (χ2n) is 7.76. The van der Waals surface area contributed by atoms with Gasteiger partial charge in [-0.2, -0.15) is 18.3 Å². The van der Waals surface area contributed by atoms with Gasteiger partial charge in [-0.25, -0.2) is 0 Å². The van der Waals surface area contributed by atoms with Crippen LogP contribution in [0, 0.1) is 0 Å². The van der Waals surface area contributed by atoms with E-state index < -0.39 is 23.7 Å². The van der Waals surface area contributed by atoms with Gasteiger partial charge in [0.1, 0.15) is 6.04 Å². The van der Waals surface area contributed by atoms with Crippen LogP contribution in [0.1, 0.15) is 28.3 Å². The van der Waals surface area contributed by atoms with Gasteiger partial charge in [-0.15, -0.1) is 0 Å². The minimum Gasteiger partial charge on any atom is -0.324 e. The maximum atomic E-state index is 13.2. The Morgan fingerprint density at radius 3 is 2.35 bits per heavy atom. The number of hydrogen-bond donors (Lipinski definition) is 2. The van der Waals surface area contributed by atoms with Gasteiger partial charge in [0.2, 0.25) is 5.91 Å². The molecule has 1 heterocycles. The first kappa shape index (κ1) is 23.3. The topological polar surface area (TPSA) is 59.0 Å². The number of nitrogens with zero attached hydrogens (tertiary/aromatic N) is 2. The van der Waals surface area contributed by atoms with Crippen LogP contribution in [0.5, 0.6) is 0 Å². The first-order chi connectivity index (χ1) is 16.4. The van der Waals surface area contributed by atoms with Crippen LogP contribution in [0.15, 0.2) is 97.3 Å². The number of amides is 1. The predicted molar refractivity (Wildman–Crippen MR) is 124 cm³/mol. The molecule has 1 unspecified atom stereocenters. The Morgan fingerprint density at radius 1 is 0.912 bits per heavy atom. The Balaban J connectivity index is 1.54. The third-order valence-electron chi connectivity index (χ3n) is 5.36. The molecule has 1 amide bonds. The van der Waals surface area contributed by atoms with Crippen molar-refractivity contribution < 1.29 is 18.0 Å². The zero-order valence-electron chi connectivity index (χ0n) is 18.2. The molecular formula is C26H23F3N4O. The summed E-state index contributed by atoms with van der Waals surface area (Å²) in [6.45, 7) is 0.963. The van der Waals surface area contributed by atoms with Gasteiger partial charge in [-0.1, -0.05) is 60.7 Å². The number of halogens is 3. The zero-order valence-corrected chi connectivity index (χ0v) is 18.2. The van der Waals surface area contributed by atoms with Gasteiger partial charge in [0.15, 0.2) is 0 Å². The van der Waals surface area contributed by atoms with Crippen LogP contribution in [0.3, 0.4) is 0 Å². The fourth-order valence-electron chi connectivity index (χ4n) is 3.66. The molecule has 0 spiro atoms. The molecule has 0 aliphatic rings. The standard InChI is InChI=1S/C26H23F3N4O/c27-26(28,29)22-12-6-13-23(16-22)32-25(34)24(19-8-2-1-3-9-19)30-17-20-10-4-5-11-21(20)18-33-15-7-14-31-33/h1-16,24,30H,17-18H2,(H,32,34).